The fourth-order valence-electron chi connectivity index (χ4n) is 2.12. The molecule has 0 atom stereocenters. The summed E-state index contributed by atoms with van der Waals surface area (Å²) in [4.78, 5) is 7.55. The number of hydrogen-bond donors (Lipinski definition) is 1. The molecule has 0 aliphatic rings. The number of nitrogens with one attached hydrogen (secondary N) is 1. The number of imidazole rings is 1. The molecule has 0 amide bonds. The minimum absolute atomic E-state index is 0.360. The number of rotatable bonds is 2. The highest BCUT2D eigenvalue weighted by molar-refractivity contribution is 6.16. The van der Waals surface area contributed by atoms with Gasteiger partial charge in [-0.15, -0.1) is 11.6 Å². The van der Waals surface area contributed by atoms with Gasteiger partial charge in [0.2, 0.25) is 0 Å². The maximum Gasteiger partial charge on any atom is 0.122 e. The van der Waals surface area contributed by atoms with Crippen LogP contribution in [-0.2, 0) is 5.88 Å². The Balaban J connectivity index is 2.18. The first-order valence-electron chi connectivity index (χ1n) is 5.86. The first kappa shape index (κ1) is 11.8. The molecule has 0 saturated heterocycles. The molecule has 1 N–H and O–H groups in total. The standard InChI is InChI=1S/C15H10ClN3/c16-8-15-18-13-6-5-10(7-14(13)19-15)12-4-2-1-3-11(12)9-17/h1-7H,8H2,(H,18,19). The van der Waals surface area contributed by atoms with Crippen molar-refractivity contribution in [3.63, 3.8) is 0 Å². The predicted molar refractivity (Wildman–Crippen MR) is 75.8 cm³/mol. The van der Waals surface area contributed by atoms with Gasteiger partial charge in [-0.1, -0.05) is 24.3 Å². The topological polar surface area (TPSA) is 52.5 Å². The molecule has 3 aromatic rings. The summed E-state index contributed by atoms with van der Waals surface area (Å²) in [5, 5.41) is 9.15. The smallest absolute Gasteiger partial charge is 0.122 e. The number of halogens is 1. The summed E-state index contributed by atoms with van der Waals surface area (Å²) in [5.74, 6) is 1.11. The molecule has 0 aliphatic carbocycles. The van der Waals surface area contributed by atoms with Gasteiger partial charge < -0.3 is 4.98 Å². The molecule has 2 aromatic carbocycles. The van der Waals surface area contributed by atoms with Gasteiger partial charge in [0, 0.05) is 0 Å². The molecule has 0 spiro atoms. The Labute approximate surface area is 115 Å². The lowest BCUT2D eigenvalue weighted by Gasteiger charge is -2.03. The second-order valence-corrected chi connectivity index (χ2v) is 4.47. The molecule has 1 aromatic heterocycles. The van der Waals surface area contributed by atoms with Gasteiger partial charge in [-0.3, -0.25) is 0 Å². The van der Waals surface area contributed by atoms with E-state index >= 15 is 0 Å². The van der Waals surface area contributed by atoms with E-state index in [9.17, 15) is 0 Å². The van der Waals surface area contributed by atoms with Crippen molar-refractivity contribution in [2.75, 3.05) is 0 Å². The van der Waals surface area contributed by atoms with Crippen molar-refractivity contribution in [2.45, 2.75) is 5.88 Å². The molecule has 0 aliphatic heterocycles. The molecule has 3 nitrogen and oxygen atoms in total. The normalized spacial score (nSPS) is 10.5. The average molecular weight is 268 g/mol. The highest BCUT2D eigenvalue weighted by Gasteiger charge is 2.07. The second-order valence-electron chi connectivity index (χ2n) is 4.21. The number of alkyl halides is 1. The molecule has 0 fully saturated rings. The summed E-state index contributed by atoms with van der Waals surface area (Å²) in [6, 6.07) is 15.7. The number of aromatic nitrogens is 2. The third-order valence-corrected chi connectivity index (χ3v) is 3.27. The third-order valence-electron chi connectivity index (χ3n) is 3.02. The molecule has 19 heavy (non-hydrogen) atoms. The van der Waals surface area contributed by atoms with E-state index in [1.807, 2.05) is 42.5 Å². The lowest BCUT2D eigenvalue weighted by Crippen LogP contribution is -1.83. The quantitative estimate of drug-likeness (QED) is 0.717. The molecule has 0 bridgehead atoms. The maximum atomic E-state index is 9.15. The van der Waals surface area contributed by atoms with Crippen LogP contribution in [0, 0.1) is 11.3 Å². The van der Waals surface area contributed by atoms with E-state index in [2.05, 4.69) is 16.0 Å². The van der Waals surface area contributed by atoms with E-state index in [-0.39, 0.29) is 0 Å². The van der Waals surface area contributed by atoms with Gasteiger partial charge in [-0.25, -0.2) is 4.98 Å². The number of nitriles is 1. The van der Waals surface area contributed by atoms with Crippen molar-refractivity contribution < 1.29 is 0 Å². The van der Waals surface area contributed by atoms with Crippen molar-refractivity contribution in [3.05, 3.63) is 53.9 Å². The number of nitrogens with zero attached hydrogens (tertiary/aromatic N) is 2. The molecule has 4 heteroatoms. The first-order chi connectivity index (χ1) is 9.31. The number of aromatic amines is 1. The fraction of sp³-hybridized carbons (Fsp3) is 0.0667. The second kappa shape index (κ2) is 4.75. The molecule has 92 valence electrons. The number of H-pyrrole nitrogens is 1. The lowest BCUT2D eigenvalue weighted by molar-refractivity contribution is 1.13. The summed E-state index contributed by atoms with van der Waals surface area (Å²) >= 11 is 5.77. The van der Waals surface area contributed by atoms with Gasteiger partial charge in [-0.2, -0.15) is 5.26 Å². The number of benzene rings is 2. The summed E-state index contributed by atoms with van der Waals surface area (Å²) in [7, 11) is 0. The zero-order valence-corrected chi connectivity index (χ0v) is 10.8. The summed E-state index contributed by atoms with van der Waals surface area (Å²) in [6.07, 6.45) is 0. The van der Waals surface area contributed by atoms with Crippen LogP contribution in [0.5, 0.6) is 0 Å². The minimum Gasteiger partial charge on any atom is -0.341 e. The summed E-state index contributed by atoms with van der Waals surface area (Å²) in [5.41, 5.74) is 4.38. The van der Waals surface area contributed by atoms with E-state index in [4.69, 9.17) is 16.9 Å². The SMILES string of the molecule is N#Cc1ccccc1-c1ccc2[nH]c(CCl)nc2c1. The third kappa shape index (κ3) is 2.07. The Morgan fingerprint density at radius 3 is 2.84 bits per heavy atom. The zero-order chi connectivity index (χ0) is 13.2. The molecule has 0 saturated carbocycles. The molecule has 1 heterocycles. The summed E-state index contributed by atoms with van der Waals surface area (Å²) < 4.78 is 0. The Kier molecular flexibility index (Phi) is 2.94. The van der Waals surface area contributed by atoms with E-state index in [0.29, 0.717) is 11.4 Å². The maximum absolute atomic E-state index is 9.15. The molecular formula is C15H10ClN3. The highest BCUT2D eigenvalue weighted by atomic mass is 35.5. The largest absolute Gasteiger partial charge is 0.341 e. The van der Waals surface area contributed by atoms with Gasteiger partial charge in [0.25, 0.3) is 0 Å². The Morgan fingerprint density at radius 2 is 2.05 bits per heavy atom. The Morgan fingerprint density at radius 1 is 1.21 bits per heavy atom. The van der Waals surface area contributed by atoms with Crippen molar-refractivity contribution in [3.8, 4) is 17.2 Å². The number of fused-ring (bicyclic) bond motifs is 1. The van der Waals surface area contributed by atoms with Crippen LogP contribution in [0.4, 0.5) is 0 Å². The van der Waals surface area contributed by atoms with Crippen molar-refractivity contribution in [2.24, 2.45) is 0 Å². The van der Waals surface area contributed by atoms with Crippen LogP contribution < -0.4 is 0 Å². The van der Waals surface area contributed by atoms with Crippen LogP contribution in [0.1, 0.15) is 11.4 Å². The number of hydrogen-bond acceptors (Lipinski definition) is 2. The van der Waals surface area contributed by atoms with Crippen LogP contribution in [0.15, 0.2) is 42.5 Å². The first-order valence-corrected chi connectivity index (χ1v) is 6.39. The minimum atomic E-state index is 0.360. The van der Waals surface area contributed by atoms with E-state index in [1.54, 1.807) is 0 Å². The Bertz CT molecular complexity index is 783. The molecule has 0 radical (unpaired) electrons. The molecule has 3 rings (SSSR count). The van der Waals surface area contributed by atoms with Gasteiger partial charge in [0.15, 0.2) is 0 Å². The molecule has 0 unspecified atom stereocenters. The van der Waals surface area contributed by atoms with Crippen LogP contribution in [-0.4, -0.2) is 9.97 Å². The van der Waals surface area contributed by atoms with Gasteiger partial charge in [0.05, 0.1) is 28.5 Å². The van der Waals surface area contributed by atoms with Crippen molar-refractivity contribution >= 4 is 22.6 Å². The van der Waals surface area contributed by atoms with Crippen molar-refractivity contribution in [1.82, 2.24) is 9.97 Å². The van der Waals surface area contributed by atoms with E-state index in [1.165, 1.54) is 0 Å². The van der Waals surface area contributed by atoms with Gasteiger partial charge in [0.1, 0.15) is 5.82 Å². The van der Waals surface area contributed by atoms with E-state index in [0.717, 1.165) is 28.0 Å². The zero-order valence-electron chi connectivity index (χ0n) is 10.0. The van der Waals surface area contributed by atoms with Gasteiger partial charge >= 0.3 is 0 Å². The van der Waals surface area contributed by atoms with E-state index < -0.39 is 0 Å². The highest BCUT2D eigenvalue weighted by Crippen LogP contribution is 2.26. The van der Waals surface area contributed by atoms with Crippen LogP contribution in [0.25, 0.3) is 22.2 Å². The van der Waals surface area contributed by atoms with Crippen molar-refractivity contribution in [1.29, 1.82) is 5.26 Å². The van der Waals surface area contributed by atoms with Crippen LogP contribution in [0.2, 0.25) is 0 Å². The van der Waals surface area contributed by atoms with Crippen LogP contribution in [0.3, 0.4) is 0 Å². The average Bonchev–Trinajstić information content (AvgIpc) is 2.89. The molecular weight excluding hydrogens is 258 g/mol. The van der Waals surface area contributed by atoms with Crippen LogP contribution >= 0.6 is 11.6 Å². The Hall–Kier alpha value is -2.31. The van der Waals surface area contributed by atoms with Gasteiger partial charge in [-0.05, 0) is 29.3 Å². The predicted octanol–water partition coefficient (Wildman–Crippen LogP) is 3.84. The lowest BCUT2D eigenvalue weighted by atomic mass is 10.0. The fourth-order valence-corrected chi connectivity index (χ4v) is 2.25. The monoisotopic (exact) mass is 267 g/mol. The summed E-state index contributed by atoms with van der Waals surface area (Å²) in [6.45, 7) is 0.